The van der Waals surface area contributed by atoms with Gasteiger partial charge in [0, 0.05) is 0 Å². The zero-order valence-electron chi connectivity index (χ0n) is 2.61. The van der Waals surface area contributed by atoms with Crippen LogP contribution in [0, 0.1) is 0 Å². The predicted molar refractivity (Wildman–Crippen MR) is 34.5 cm³/mol. The Kier molecular flexibility index (Phi) is 3.09. The molecule has 0 heterocycles. The number of hydrogen-bond donors (Lipinski definition) is 3. The SMILES string of the molecule is [O-]P(O)(S)=[S+]S. The monoisotopic (exact) mass is 162 g/mol. The molecule has 0 aliphatic heterocycles. The molecule has 38 valence electrons. The zero-order valence-corrected chi connectivity index (χ0v) is 6.11. The Bertz CT molecular complexity index is 72.5. The summed E-state index contributed by atoms with van der Waals surface area (Å²) in [7, 11) is 0.552. The van der Waals surface area contributed by atoms with E-state index in [0.717, 1.165) is 0 Å². The quantitative estimate of drug-likeness (QED) is 0.201. The van der Waals surface area contributed by atoms with E-state index in [0.29, 0.717) is 9.97 Å². The van der Waals surface area contributed by atoms with E-state index in [4.69, 9.17) is 4.89 Å². The summed E-state index contributed by atoms with van der Waals surface area (Å²) in [5, 5.41) is 0. The molecule has 0 amide bonds. The maximum Gasteiger partial charge on any atom is 0.253 e. The molecule has 1 N–H and O–H groups in total. The molecule has 0 saturated carbocycles. The molecular weight excluding hydrogens is 159 g/mol. The maximum atomic E-state index is 9.89. The summed E-state index contributed by atoms with van der Waals surface area (Å²) in [5.74, 6) is 0. The second kappa shape index (κ2) is 2.55. The van der Waals surface area contributed by atoms with Crippen molar-refractivity contribution in [2.75, 3.05) is 0 Å². The molecule has 0 radical (unpaired) electrons. The van der Waals surface area contributed by atoms with Crippen LogP contribution in [-0.2, 0) is 9.97 Å². The second-order valence-electron chi connectivity index (χ2n) is 0.572. The van der Waals surface area contributed by atoms with Crippen LogP contribution in [0.1, 0.15) is 0 Å². The van der Waals surface area contributed by atoms with Gasteiger partial charge in [0.15, 0.2) is 11.7 Å². The molecule has 0 fully saturated rings. The van der Waals surface area contributed by atoms with Crippen LogP contribution >= 0.6 is 29.6 Å². The van der Waals surface area contributed by atoms with Gasteiger partial charge in [0.25, 0.3) is 15.7 Å². The van der Waals surface area contributed by atoms with Gasteiger partial charge in [-0.15, -0.1) is 0 Å². The summed E-state index contributed by atoms with van der Waals surface area (Å²) < 4.78 is 0. The van der Waals surface area contributed by atoms with Gasteiger partial charge in [0.05, 0.1) is 0 Å². The lowest BCUT2D eigenvalue weighted by atomic mass is 15.9. The van der Waals surface area contributed by atoms with Crippen molar-refractivity contribution in [1.29, 1.82) is 0 Å². The van der Waals surface area contributed by atoms with Crippen LogP contribution in [0.2, 0.25) is 0 Å². The minimum atomic E-state index is -3.17. The van der Waals surface area contributed by atoms with Crippen LogP contribution in [0.15, 0.2) is 0 Å². The predicted octanol–water partition coefficient (Wildman–Crippen LogP) is -0.126. The van der Waals surface area contributed by atoms with E-state index in [2.05, 4.69) is 23.9 Å². The minimum absolute atomic E-state index is 0.552. The summed E-state index contributed by atoms with van der Waals surface area (Å²) in [6, 6.07) is 0. The Labute approximate surface area is 49.7 Å². The Hall–Kier alpha value is 1.27. The van der Waals surface area contributed by atoms with Crippen molar-refractivity contribution in [2.24, 2.45) is 0 Å². The van der Waals surface area contributed by atoms with E-state index < -0.39 is 5.69 Å². The van der Waals surface area contributed by atoms with Crippen molar-refractivity contribution in [3.05, 3.63) is 0 Å². The Morgan fingerprint density at radius 1 is 1.83 bits per heavy atom. The minimum Gasteiger partial charge on any atom is -0.756 e. The van der Waals surface area contributed by atoms with Crippen LogP contribution in [0.25, 0.3) is 0 Å². The van der Waals surface area contributed by atoms with Crippen molar-refractivity contribution in [1.82, 2.24) is 0 Å². The van der Waals surface area contributed by atoms with Gasteiger partial charge in [-0.05, 0) is 0 Å². The zero-order chi connectivity index (χ0) is 5.21. The third-order valence-corrected chi connectivity index (χ3v) is 4.84. The fourth-order valence-corrected chi connectivity index (χ4v) is 0. The summed E-state index contributed by atoms with van der Waals surface area (Å²) in [6.45, 7) is 0. The van der Waals surface area contributed by atoms with E-state index >= 15 is 0 Å². The lowest BCUT2D eigenvalue weighted by molar-refractivity contribution is -0.169. The number of hydrogen-bond acceptors (Lipinski definition) is 1. The van der Waals surface area contributed by atoms with E-state index in [1.807, 2.05) is 0 Å². The molecular formula is H3O2PS3. The molecule has 0 bridgehead atoms. The Morgan fingerprint density at radius 3 is 2.00 bits per heavy atom. The molecule has 1 unspecified atom stereocenters. The van der Waals surface area contributed by atoms with Gasteiger partial charge in [-0.25, -0.2) is 0 Å². The van der Waals surface area contributed by atoms with Gasteiger partial charge < -0.3 is 9.79 Å². The topological polar surface area (TPSA) is 43.3 Å². The highest BCUT2D eigenvalue weighted by Crippen LogP contribution is 2.38. The second-order valence-corrected chi connectivity index (χ2v) is 7.60. The fourth-order valence-electron chi connectivity index (χ4n) is 0. The molecule has 1 atom stereocenters. The van der Waals surface area contributed by atoms with Gasteiger partial charge in [0.2, 0.25) is 0 Å². The Morgan fingerprint density at radius 2 is 2.00 bits per heavy atom. The highest BCUT2D eigenvalue weighted by Gasteiger charge is 1.97. The summed E-state index contributed by atoms with van der Waals surface area (Å²) >= 11 is 6.68. The summed E-state index contributed by atoms with van der Waals surface area (Å²) in [5.41, 5.74) is -3.17. The third kappa shape index (κ3) is 5.27. The van der Waals surface area contributed by atoms with Gasteiger partial charge >= 0.3 is 0 Å². The average Bonchev–Trinajstić information content (AvgIpc) is 1.35. The third-order valence-electron chi connectivity index (χ3n) is 0.106. The van der Waals surface area contributed by atoms with Crippen molar-refractivity contribution >= 4 is 39.6 Å². The first-order valence-electron chi connectivity index (χ1n) is 0.948. The van der Waals surface area contributed by atoms with E-state index in [-0.39, 0.29) is 0 Å². The molecule has 0 aromatic carbocycles. The van der Waals surface area contributed by atoms with E-state index in [9.17, 15) is 4.89 Å². The van der Waals surface area contributed by atoms with Gasteiger partial charge in [-0.1, -0.05) is 12.2 Å². The van der Waals surface area contributed by atoms with Crippen LogP contribution in [0.3, 0.4) is 0 Å². The summed E-state index contributed by atoms with van der Waals surface area (Å²) in [4.78, 5) is 18.0. The van der Waals surface area contributed by atoms with Crippen LogP contribution in [0.5, 0.6) is 0 Å². The molecule has 0 aromatic rings. The standard InChI is InChI=1S/H3O2PS3/c1-3(2,4)6-5/h(H3-,1,2,4,5). The lowest BCUT2D eigenvalue weighted by Crippen LogP contribution is -1.90. The first-order chi connectivity index (χ1) is 2.56. The summed E-state index contributed by atoms with van der Waals surface area (Å²) in [6.07, 6.45) is 0. The van der Waals surface area contributed by atoms with Crippen LogP contribution in [0.4, 0.5) is 0 Å². The van der Waals surface area contributed by atoms with Crippen molar-refractivity contribution in [2.45, 2.75) is 0 Å². The molecule has 6 heteroatoms. The van der Waals surface area contributed by atoms with Gasteiger partial charge in [-0.3, -0.25) is 0 Å². The molecule has 0 spiro atoms. The molecule has 0 aliphatic carbocycles. The molecule has 0 saturated heterocycles. The maximum absolute atomic E-state index is 9.89. The van der Waals surface area contributed by atoms with Gasteiger partial charge in [-0.2, -0.15) is 0 Å². The molecule has 0 rings (SSSR count). The average molecular weight is 162 g/mol. The van der Waals surface area contributed by atoms with Crippen molar-refractivity contribution in [3.8, 4) is 0 Å². The number of rotatable bonds is 0. The smallest absolute Gasteiger partial charge is 0.253 e. The van der Waals surface area contributed by atoms with Gasteiger partial charge in [0.1, 0.15) is 0 Å². The first-order valence-corrected chi connectivity index (χ1v) is 6.23. The molecule has 6 heavy (non-hydrogen) atoms. The normalized spacial score (nSPS) is 19.3. The number of thiol groups is 2. The first kappa shape index (κ1) is 7.27. The fraction of sp³-hybridized carbons (Fsp3) is 0. The van der Waals surface area contributed by atoms with Crippen LogP contribution < -0.4 is 4.89 Å². The van der Waals surface area contributed by atoms with Crippen molar-refractivity contribution in [3.63, 3.8) is 0 Å². The molecule has 2 nitrogen and oxygen atoms in total. The highest BCUT2D eigenvalue weighted by molar-refractivity contribution is 8.80. The highest BCUT2D eigenvalue weighted by atomic mass is 33.3. The van der Waals surface area contributed by atoms with E-state index in [1.165, 1.54) is 0 Å². The molecule has 0 aromatic heterocycles. The lowest BCUT2D eigenvalue weighted by Gasteiger charge is -1.98. The molecule has 0 aliphatic rings. The largest absolute Gasteiger partial charge is 0.756 e. The van der Waals surface area contributed by atoms with E-state index in [1.54, 1.807) is 0 Å². The van der Waals surface area contributed by atoms with Crippen LogP contribution in [-0.4, -0.2) is 4.89 Å². The Balaban J connectivity index is 3.79. The van der Waals surface area contributed by atoms with Crippen molar-refractivity contribution < 1.29 is 9.79 Å².